The van der Waals surface area contributed by atoms with Gasteiger partial charge in [-0.2, -0.15) is 0 Å². The van der Waals surface area contributed by atoms with Gasteiger partial charge in [0.2, 0.25) is 0 Å². The van der Waals surface area contributed by atoms with Gasteiger partial charge in [-0.3, -0.25) is 5.32 Å². The third-order valence-electron chi connectivity index (χ3n) is 1.66. The Bertz CT molecular complexity index is 339. The Balaban J connectivity index is 2.48. The number of ether oxygens (including phenoxy) is 1. The minimum atomic E-state index is -0.421. The highest BCUT2D eigenvalue weighted by Crippen LogP contribution is 2.21. The van der Waals surface area contributed by atoms with E-state index >= 15 is 0 Å². The summed E-state index contributed by atoms with van der Waals surface area (Å²) in [6.45, 7) is 4.41. The second-order valence-corrected chi connectivity index (χ2v) is 4.45. The molecule has 1 amide bonds. The van der Waals surface area contributed by atoms with E-state index in [2.05, 4.69) is 21.2 Å². The fourth-order valence-electron chi connectivity index (χ4n) is 0.951. The zero-order valence-electron chi connectivity index (χ0n) is 8.79. The van der Waals surface area contributed by atoms with Crippen molar-refractivity contribution >= 4 is 27.7 Å². The quantitative estimate of drug-likeness (QED) is 0.912. The second kappa shape index (κ2) is 5.75. The maximum absolute atomic E-state index is 11.3. The summed E-state index contributed by atoms with van der Waals surface area (Å²) in [6, 6.07) is 7.40. The predicted molar refractivity (Wildman–Crippen MR) is 64.0 cm³/mol. The van der Waals surface area contributed by atoms with Gasteiger partial charge in [0.1, 0.15) is 0 Å². The smallest absolute Gasteiger partial charge is 0.411 e. The van der Waals surface area contributed by atoms with Gasteiger partial charge in [0.15, 0.2) is 0 Å². The predicted octanol–water partition coefficient (Wildman–Crippen LogP) is 3.65. The molecule has 4 heteroatoms. The van der Waals surface area contributed by atoms with Crippen LogP contribution in [0.1, 0.15) is 13.8 Å². The van der Waals surface area contributed by atoms with E-state index in [1.165, 1.54) is 0 Å². The minimum absolute atomic E-state index is 0.343. The molecule has 0 radical (unpaired) electrons. The molecule has 0 saturated carbocycles. The first-order valence-corrected chi connectivity index (χ1v) is 5.57. The molecule has 0 aliphatic heterocycles. The molecule has 1 N–H and O–H groups in total. The highest BCUT2D eigenvalue weighted by Gasteiger charge is 2.06. The van der Waals surface area contributed by atoms with Crippen LogP contribution in [0.5, 0.6) is 0 Å². The van der Waals surface area contributed by atoms with Crippen molar-refractivity contribution < 1.29 is 9.53 Å². The van der Waals surface area contributed by atoms with E-state index < -0.39 is 6.09 Å². The molecular weight excluding hydrogens is 258 g/mol. The molecule has 0 spiro atoms. The maximum Gasteiger partial charge on any atom is 0.411 e. The molecule has 3 nitrogen and oxygen atoms in total. The van der Waals surface area contributed by atoms with E-state index in [1.54, 1.807) is 6.07 Å². The van der Waals surface area contributed by atoms with Crippen molar-refractivity contribution in [1.29, 1.82) is 0 Å². The summed E-state index contributed by atoms with van der Waals surface area (Å²) in [6.07, 6.45) is -0.421. The minimum Gasteiger partial charge on any atom is -0.449 e. The topological polar surface area (TPSA) is 38.3 Å². The molecule has 0 atom stereocenters. The standard InChI is InChI=1S/C11H14BrNO2/c1-8(2)7-15-11(14)13-10-6-4-3-5-9(10)12/h3-6,8H,7H2,1-2H3,(H,13,14). The van der Waals surface area contributed by atoms with E-state index in [4.69, 9.17) is 4.74 Å². The van der Waals surface area contributed by atoms with Crippen LogP contribution >= 0.6 is 15.9 Å². The lowest BCUT2D eigenvalue weighted by molar-refractivity contribution is 0.147. The lowest BCUT2D eigenvalue weighted by atomic mass is 10.2. The summed E-state index contributed by atoms with van der Waals surface area (Å²) in [5.41, 5.74) is 0.714. The number of nitrogens with one attached hydrogen (secondary N) is 1. The zero-order valence-corrected chi connectivity index (χ0v) is 10.4. The molecule has 0 unspecified atom stereocenters. The molecule has 0 aromatic heterocycles. The molecule has 82 valence electrons. The number of rotatable bonds is 3. The van der Waals surface area contributed by atoms with Crippen LogP contribution in [0.15, 0.2) is 28.7 Å². The van der Waals surface area contributed by atoms with Crippen LogP contribution in [0, 0.1) is 5.92 Å². The van der Waals surface area contributed by atoms with Gasteiger partial charge in [-0.05, 0) is 34.0 Å². The van der Waals surface area contributed by atoms with Gasteiger partial charge in [-0.15, -0.1) is 0 Å². The van der Waals surface area contributed by atoms with Crippen molar-refractivity contribution in [3.63, 3.8) is 0 Å². The summed E-state index contributed by atoms with van der Waals surface area (Å²) in [4.78, 5) is 11.3. The van der Waals surface area contributed by atoms with Crippen LogP contribution in [0.25, 0.3) is 0 Å². The summed E-state index contributed by atoms with van der Waals surface area (Å²) in [5, 5.41) is 2.66. The van der Waals surface area contributed by atoms with Gasteiger partial charge in [0.05, 0.1) is 12.3 Å². The number of benzene rings is 1. The Kier molecular flexibility index (Phi) is 4.62. The number of amides is 1. The molecule has 1 aromatic rings. The molecule has 15 heavy (non-hydrogen) atoms. The summed E-state index contributed by atoms with van der Waals surface area (Å²) in [7, 11) is 0. The van der Waals surface area contributed by atoms with E-state index in [0.717, 1.165) is 4.47 Å². The average Bonchev–Trinajstić information content (AvgIpc) is 2.18. The Morgan fingerprint density at radius 2 is 2.13 bits per heavy atom. The highest BCUT2D eigenvalue weighted by atomic mass is 79.9. The van der Waals surface area contributed by atoms with Crippen LogP contribution in [0.4, 0.5) is 10.5 Å². The van der Waals surface area contributed by atoms with Crippen molar-refractivity contribution in [3.8, 4) is 0 Å². The van der Waals surface area contributed by atoms with E-state index in [1.807, 2.05) is 32.0 Å². The van der Waals surface area contributed by atoms with E-state index in [0.29, 0.717) is 18.2 Å². The largest absolute Gasteiger partial charge is 0.449 e. The van der Waals surface area contributed by atoms with Gasteiger partial charge in [-0.25, -0.2) is 4.79 Å². The lowest BCUT2D eigenvalue weighted by Gasteiger charge is -2.09. The van der Waals surface area contributed by atoms with Crippen molar-refractivity contribution in [2.75, 3.05) is 11.9 Å². The van der Waals surface area contributed by atoms with Crippen LogP contribution in [0.3, 0.4) is 0 Å². The van der Waals surface area contributed by atoms with Crippen LogP contribution in [-0.4, -0.2) is 12.7 Å². The zero-order chi connectivity index (χ0) is 11.3. The number of hydrogen-bond donors (Lipinski definition) is 1. The molecular formula is C11H14BrNO2. The van der Waals surface area contributed by atoms with Crippen molar-refractivity contribution in [3.05, 3.63) is 28.7 Å². The highest BCUT2D eigenvalue weighted by molar-refractivity contribution is 9.10. The van der Waals surface area contributed by atoms with Crippen molar-refractivity contribution in [1.82, 2.24) is 0 Å². The molecule has 0 heterocycles. The molecule has 0 fully saturated rings. The molecule has 0 bridgehead atoms. The average molecular weight is 272 g/mol. The fourth-order valence-corrected chi connectivity index (χ4v) is 1.33. The van der Waals surface area contributed by atoms with E-state index in [-0.39, 0.29) is 0 Å². The van der Waals surface area contributed by atoms with E-state index in [9.17, 15) is 4.79 Å². The number of halogens is 1. The van der Waals surface area contributed by atoms with Crippen LogP contribution < -0.4 is 5.32 Å². The molecule has 0 aliphatic carbocycles. The second-order valence-electron chi connectivity index (χ2n) is 3.60. The van der Waals surface area contributed by atoms with Gasteiger partial charge in [-0.1, -0.05) is 26.0 Å². The van der Waals surface area contributed by atoms with Crippen LogP contribution in [-0.2, 0) is 4.74 Å². The molecule has 0 aliphatic rings. The number of carbonyl (C=O) groups excluding carboxylic acids is 1. The number of para-hydroxylation sites is 1. The first-order chi connectivity index (χ1) is 7.09. The lowest BCUT2D eigenvalue weighted by Crippen LogP contribution is -2.16. The first-order valence-electron chi connectivity index (χ1n) is 4.78. The Labute approximate surface area is 97.9 Å². The Morgan fingerprint density at radius 3 is 2.73 bits per heavy atom. The molecule has 1 rings (SSSR count). The van der Waals surface area contributed by atoms with Crippen LogP contribution in [0.2, 0.25) is 0 Å². The molecule has 1 aromatic carbocycles. The maximum atomic E-state index is 11.3. The number of hydrogen-bond acceptors (Lipinski definition) is 2. The monoisotopic (exact) mass is 271 g/mol. The first kappa shape index (κ1) is 12.0. The summed E-state index contributed by atoms with van der Waals surface area (Å²) in [5.74, 6) is 0.343. The molecule has 0 saturated heterocycles. The fraction of sp³-hybridized carbons (Fsp3) is 0.364. The third kappa shape index (κ3) is 4.34. The van der Waals surface area contributed by atoms with Crippen molar-refractivity contribution in [2.24, 2.45) is 5.92 Å². The van der Waals surface area contributed by atoms with Gasteiger partial charge >= 0.3 is 6.09 Å². The Morgan fingerprint density at radius 1 is 1.47 bits per heavy atom. The summed E-state index contributed by atoms with van der Waals surface area (Å²) < 4.78 is 5.83. The van der Waals surface area contributed by atoms with Gasteiger partial charge < -0.3 is 4.74 Å². The normalized spacial score (nSPS) is 10.1. The third-order valence-corrected chi connectivity index (χ3v) is 2.35. The Hall–Kier alpha value is -1.03. The number of anilines is 1. The summed E-state index contributed by atoms with van der Waals surface area (Å²) >= 11 is 3.33. The van der Waals surface area contributed by atoms with Crippen molar-refractivity contribution in [2.45, 2.75) is 13.8 Å². The van der Waals surface area contributed by atoms with Gasteiger partial charge in [0, 0.05) is 4.47 Å². The van der Waals surface area contributed by atoms with Gasteiger partial charge in [0.25, 0.3) is 0 Å². The number of carbonyl (C=O) groups is 1. The SMILES string of the molecule is CC(C)COC(=O)Nc1ccccc1Br.